The van der Waals surface area contributed by atoms with E-state index in [1.165, 1.54) is 25.4 Å². The Morgan fingerprint density at radius 2 is 1.00 bits per heavy atom. The molecule has 0 amide bonds. The third-order valence-electron chi connectivity index (χ3n) is 3.10. The van der Waals surface area contributed by atoms with Crippen LogP contribution in [0.3, 0.4) is 0 Å². The maximum Gasteiger partial charge on any atom is -0.0809 e. The summed E-state index contributed by atoms with van der Waals surface area (Å²) in [5, 5.41) is 5.32. The number of fused-ring (bicyclic) bond motifs is 2. The molecule has 0 radical (unpaired) electrons. The minimum atomic E-state index is 0. The fourth-order valence-electron chi connectivity index (χ4n) is 2.14. The average Bonchev–Trinajstić information content (AvgIpc) is 3.16. The van der Waals surface area contributed by atoms with Gasteiger partial charge in [-0.05, 0) is 0 Å². The van der Waals surface area contributed by atoms with Crippen LogP contribution in [-0.2, 0) is 20.0 Å². The maximum absolute atomic E-state index is 2.12. The van der Waals surface area contributed by atoms with E-state index in [0.29, 0.717) is 0 Å². The maximum atomic E-state index is 2.12. The summed E-state index contributed by atoms with van der Waals surface area (Å²) >= 11 is 2.08. The molecule has 4 aromatic rings. The van der Waals surface area contributed by atoms with Crippen molar-refractivity contribution in [2.75, 3.05) is 0 Å². The summed E-state index contributed by atoms with van der Waals surface area (Å²) in [4.78, 5) is 0. The van der Waals surface area contributed by atoms with Crippen molar-refractivity contribution in [3.05, 3.63) is 84.9 Å². The van der Waals surface area contributed by atoms with Gasteiger partial charge in [-0.3, -0.25) is 0 Å². The number of benzene rings is 2. The molecule has 0 atom stereocenters. The van der Waals surface area contributed by atoms with Gasteiger partial charge in [0.15, 0.2) is 0 Å². The van der Waals surface area contributed by atoms with Gasteiger partial charge in [0.2, 0.25) is 0 Å². The molecule has 0 bridgehead atoms. The van der Waals surface area contributed by atoms with Gasteiger partial charge in [-0.25, -0.2) is 0 Å². The molecule has 3 heteroatoms. The van der Waals surface area contributed by atoms with E-state index in [1.54, 1.807) is 0 Å². The van der Waals surface area contributed by atoms with E-state index in [0.717, 1.165) is 0 Å². The summed E-state index contributed by atoms with van der Waals surface area (Å²) in [6.45, 7) is 4.17. The number of rotatable bonds is 0. The van der Waals surface area contributed by atoms with Crippen molar-refractivity contribution in [2.45, 2.75) is 13.8 Å². The van der Waals surface area contributed by atoms with Crippen LogP contribution in [0.4, 0.5) is 0 Å². The van der Waals surface area contributed by atoms with E-state index in [1.807, 2.05) is 0 Å². The van der Waals surface area contributed by atoms with Crippen LogP contribution in [0.15, 0.2) is 84.9 Å². The molecule has 0 aliphatic rings. The zero-order valence-corrected chi connectivity index (χ0v) is 16.9. The molecule has 4 aromatic carbocycles. The SMILES string of the molecule is C[C](C)=[Ti+2].[Cl-].[Cl-].c1ccc2[cH-]ccc2c1.c1ccc2[cH-]ccc2c1. The number of hydrogen-bond donors (Lipinski definition) is 0. The first kappa shape index (κ1) is 22.8. The molecular weight excluding hydrogens is 371 g/mol. The van der Waals surface area contributed by atoms with Crippen LogP contribution in [0.2, 0.25) is 0 Å². The van der Waals surface area contributed by atoms with Crippen molar-refractivity contribution in [2.24, 2.45) is 0 Å². The second kappa shape index (κ2) is 12.2. The third kappa shape index (κ3) is 7.60. The molecule has 0 aliphatic heterocycles. The molecule has 0 spiro atoms. The smallest absolute Gasteiger partial charge is 0.0809 e. The van der Waals surface area contributed by atoms with Crippen LogP contribution in [0, 0.1) is 0 Å². The molecule has 0 nitrogen and oxygen atoms in total. The minimum Gasteiger partial charge on any atom is -1.00 e. The zero-order valence-electron chi connectivity index (χ0n) is 13.8. The fraction of sp³-hybridized carbons (Fsp3) is 0.0952. The van der Waals surface area contributed by atoms with Crippen molar-refractivity contribution < 1.29 is 44.8 Å². The van der Waals surface area contributed by atoms with E-state index in [4.69, 9.17) is 0 Å². The average molecular weight is 391 g/mol. The van der Waals surface area contributed by atoms with E-state index in [-0.39, 0.29) is 24.8 Å². The van der Waals surface area contributed by atoms with Crippen LogP contribution >= 0.6 is 0 Å². The molecule has 0 saturated carbocycles. The van der Waals surface area contributed by atoms with Crippen molar-refractivity contribution in [3.8, 4) is 0 Å². The van der Waals surface area contributed by atoms with Gasteiger partial charge in [0.1, 0.15) is 0 Å². The van der Waals surface area contributed by atoms with E-state index >= 15 is 0 Å². The van der Waals surface area contributed by atoms with Gasteiger partial charge in [0, 0.05) is 0 Å². The Morgan fingerprint density at radius 3 is 1.33 bits per heavy atom. The molecular formula is C21H20Cl2Ti-2. The Bertz CT molecular complexity index is 712. The van der Waals surface area contributed by atoms with Crippen molar-refractivity contribution in [1.82, 2.24) is 0 Å². The topological polar surface area (TPSA) is 0 Å². The van der Waals surface area contributed by atoms with Gasteiger partial charge >= 0.3 is 37.6 Å². The van der Waals surface area contributed by atoms with Gasteiger partial charge in [-0.1, -0.05) is 12.1 Å². The van der Waals surface area contributed by atoms with Crippen molar-refractivity contribution in [1.29, 1.82) is 0 Å². The Hall–Kier alpha value is -1.18. The van der Waals surface area contributed by atoms with Crippen LogP contribution in [0.5, 0.6) is 0 Å². The molecule has 124 valence electrons. The minimum absolute atomic E-state index is 0. The predicted molar refractivity (Wildman–Crippen MR) is 95.4 cm³/mol. The summed E-state index contributed by atoms with van der Waals surface area (Å²) in [5.41, 5.74) is 0. The standard InChI is InChI=1S/2C9H7.C3H6.2ClH.Ti/c2*1-2-5-9-7-3-6-8(9)4-1;1-3-2;;;/h2*1-7H;1-2H3;2*1H;/q2*-1;;;;+2/p-2. The Labute approximate surface area is 168 Å². The molecule has 4 rings (SSSR count). The molecule has 0 aromatic heterocycles. The van der Waals surface area contributed by atoms with Gasteiger partial charge in [-0.2, -0.15) is 35.0 Å². The normalized spacial score (nSPS) is 8.83. The summed E-state index contributed by atoms with van der Waals surface area (Å²) in [6, 6.07) is 29.3. The molecule has 24 heavy (non-hydrogen) atoms. The van der Waals surface area contributed by atoms with E-state index in [2.05, 4.69) is 119 Å². The van der Waals surface area contributed by atoms with Crippen molar-refractivity contribution in [3.63, 3.8) is 0 Å². The van der Waals surface area contributed by atoms with E-state index < -0.39 is 0 Å². The first-order valence-electron chi connectivity index (χ1n) is 7.39. The first-order chi connectivity index (χ1) is 10.7. The van der Waals surface area contributed by atoms with Gasteiger partial charge in [0.05, 0.1) is 0 Å². The molecule has 0 N–H and O–H groups in total. The Morgan fingerprint density at radius 1 is 0.667 bits per heavy atom. The van der Waals surface area contributed by atoms with Gasteiger partial charge in [-0.15, -0.1) is 59.3 Å². The second-order valence-electron chi connectivity index (χ2n) is 5.31. The van der Waals surface area contributed by atoms with Gasteiger partial charge in [0.25, 0.3) is 0 Å². The van der Waals surface area contributed by atoms with Crippen molar-refractivity contribution >= 4 is 25.4 Å². The van der Waals surface area contributed by atoms with Crippen LogP contribution in [0.1, 0.15) is 13.8 Å². The Kier molecular flexibility index (Phi) is 11.6. The molecule has 0 unspecified atom stereocenters. The second-order valence-corrected chi connectivity index (χ2v) is 6.87. The first-order valence-corrected chi connectivity index (χ1v) is 8.17. The van der Waals surface area contributed by atoms with E-state index in [9.17, 15) is 0 Å². The molecule has 0 fully saturated rings. The van der Waals surface area contributed by atoms with Gasteiger partial charge < -0.3 is 24.8 Å². The number of hydrogen-bond acceptors (Lipinski definition) is 0. The monoisotopic (exact) mass is 390 g/mol. The summed E-state index contributed by atoms with van der Waals surface area (Å²) in [5.74, 6) is 0. The molecule has 0 aliphatic carbocycles. The molecule has 0 saturated heterocycles. The molecule has 0 heterocycles. The summed E-state index contributed by atoms with van der Waals surface area (Å²) < 4.78 is 1.42. The quantitative estimate of drug-likeness (QED) is 0.290. The Balaban J connectivity index is 0.000000341. The predicted octanol–water partition coefficient (Wildman–Crippen LogP) is -0.129. The van der Waals surface area contributed by atoms with Crippen LogP contribution < -0.4 is 24.8 Å². The van der Waals surface area contributed by atoms with Crippen LogP contribution in [0.25, 0.3) is 21.5 Å². The summed E-state index contributed by atoms with van der Waals surface area (Å²) in [7, 11) is 0. The fourth-order valence-corrected chi connectivity index (χ4v) is 2.14. The summed E-state index contributed by atoms with van der Waals surface area (Å²) in [6.07, 6.45) is 0. The van der Waals surface area contributed by atoms with Crippen LogP contribution in [-0.4, -0.2) is 3.81 Å². The largest absolute Gasteiger partial charge is 1.00 e. The third-order valence-corrected chi connectivity index (χ3v) is 3.10. The zero-order chi connectivity index (χ0) is 15.8. The number of halogens is 2.